The van der Waals surface area contributed by atoms with Crippen LogP contribution in [0, 0.1) is 10.1 Å². The van der Waals surface area contributed by atoms with Gasteiger partial charge in [0, 0.05) is 0 Å². The first-order chi connectivity index (χ1) is 6.16. The van der Waals surface area contributed by atoms with Crippen molar-refractivity contribution in [3.8, 4) is 0 Å². The van der Waals surface area contributed by atoms with E-state index >= 15 is 0 Å². The molecule has 5 heteroatoms. The summed E-state index contributed by atoms with van der Waals surface area (Å²) in [6.07, 6.45) is 0. The Morgan fingerprint density at radius 3 is 2.85 bits per heavy atom. The van der Waals surface area contributed by atoms with Crippen LogP contribution in [0.4, 0.5) is 11.4 Å². The molecule has 0 aliphatic heterocycles. The molecule has 0 aliphatic rings. The van der Waals surface area contributed by atoms with Crippen molar-refractivity contribution in [1.29, 1.82) is 0 Å². The minimum Gasteiger partial charge on any atom is -0.393 e. The van der Waals surface area contributed by atoms with E-state index in [1.54, 1.807) is 12.1 Å². The molecule has 0 amide bonds. The minimum atomic E-state index is -0.437. The van der Waals surface area contributed by atoms with Crippen molar-refractivity contribution >= 4 is 23.1 Å². The molecule has 0 atom stereocenters. The molecule has 0 fully saturated rings. The van der Waals surface area contributed by atoms with Crippen LogP contribution in [0.5, 0.6) is 0 Å². The van der Waals surface area contributed by atoms with E-state index in [-0.39, 0.29) is 11.4 Å². The third kappa shape index (κ3) is 2.12. The predicted molar refractivity (Wildman–Crippen MR) is 53.9 cm³/mol. The van der Waals surface area contributed by atoms with Crippen LogP contribution >= 0.6 is 11.8 Å². The van der Waals surface area contributed by atoms with E-state index in [0.717, 1.165) is 5.75 Å². The number of hydrogen-bond donors (Lipinski definition) is 1. The third-order valence-electron chi connectivity index (χ3n) is 1.51. The Kier molecular flexibility index (Phi) is 3.13. The highest BCUT2D eigenvalue weighted by Crippen LogP contribution is 2.33. The van der Waals surface area contributed by atoms with Gasteiger partial charge in [-0.15, -0.1) is 11.8 Å². The maximum atomic E-state index is 10.6. The number of thioether (sulfide) groups is 1. The van der Waals surface area contributed by atoms with E-state index < -0.39 is 4.92 Å². The molecule has 1 aromatic carbocycles. The molecule has 4 nitrogen and oxygen atoms in total. The normalized spacial score (nSPS) is 9.92. The quantitative estimate of drug-likeness (QED) is 0.350. The summed E-state index contributed by atoms with van der Waals surface area (Å²) in [6.45, 7) is 1.94. The van der Waals surface area contributed by atoms with Crippen LogP contribution in [0.25, 0.3) is 0 Å². The molecule has 1 rings (SSSR count). The van der Waals surface area contributed by atoms with E-state index in [0.29, 0.717) is 4.90 Å². The Bertz CT molecular complexity index is 328. The van der Waals surface area contributed by atoms with Gasteiger partial charge in [0.15, 0.2) is 0 Å². The van der Waals surface area contributed by atoms with Crippen LogP contribution < -0.4 is 5.73 Å². The zero-order chi connectivity index (χ0) is 9.84. The Morgan fingerprint density at radius 2 is 2.31 bits per heavy atom. The number of nitrogens with two attached hydrogens (primary N) is 1. The lowest BCUT2D eigenvalue weighted by Gasteiger charge is -2.02. The largest absolute Gasteiger partial charge is 0.393 e. The van der Waals surface area contributed by atoms with Crippen molar-refractivity contribution in [2.24, 2.45) is 0 Å². The van der Waals surface area contributed by atoms with Crippen molar-refractivity contribution < 1.29 is 4.92 Å². The summed E-state index contributed by atoms with van der Waals surface area (Å²) in [4.78, 5) is 10.8. The van der Waals surface area contributed by atoms with Gasteiger partial charge < -0.3 is 5.73 Å². The lowest BCUT2D eigenvalue weighted by atomic mass is 10.3. The van der Waals surface area contributed by atoms with Crippen molar-refractivity contribution in [1.82, 2.24) is 0 Å². The lowest BCUT2D eigenvalue weighted by Crippen LogP contribution is -1.97. The second-order valence-electron chi connectivity index (χ2n) is 2.38. The first-order valence-corrected chi connectivity index (χ1v) is 4.81. The number of rotatable bonds is 3. The average Bonchev–Trinajstić information content (AvgIpc) is 2.04. The summed E-state index contributed by atoms with van der Waals surface area (Å²) in [6, 6.07) is 4.97. The Hall–Kier alpha value is -1.23. The number of nitro groups is 1. The van der Waals surface area contributed by atoms with Gasteiger partial charge in [-0.2, -0.15) is 0 Å². The molecule has 13 heavy (non-hydrogen) atoms. The Labute approximate surface area is 80.3 Å². The van der Waals surface area contributed by atoms with E-state index in [9.17, 15) is 10.1 Å². The number of para-hydroxylation sites is 1. The predicted octanol–water partition coefficient (Wildman–Crippen LogP) is 2.29. The molecule has 0 unspecified atom stereocenters. The summed E-state index contributed by atoms with van der Waals surface area (Å²) in [5, 5.41) is 10.6. The van der Waals surface area contributed by atoms with E-state index in [4.69, 9.17) is 5.73 Å². The molecular weight excluding hydrogens is 188 g/mol. The van der Waals surface area contributed by atoms with E-state index in [2.05, 4.69) is 0 Å². The first-order valence-electron chi connectivity index (χ1n) is 3.82. The van der Waals surface area contributed by atoms with Crippen LogP contribution in [0.1, 0.15) is 6.92 Å². The van der Waals surface area contributed by atoms with Gasteiger partial charge >= 0.3 is 5.69 Å². The smallest absolute Gasteiger partial charge is 0.305 e. The number of benzene rings is 1. The summed E-state index contributed by atoms with van der Waals surface area (Å²) < 4.78 is 0. The van der Waals surface area contributed by atoms with E-state index in [1.165, 1.54) is 17.8 Å². The number of anilines is 1. The molecule has 2 N–H and O–H groups in total. The fourth-order valence-corrected chi connectivity index (χ4v) is 1.82. The minimum absolute atomic E-state index is 0.0225. The molecule has 0 aromatic heterocycles. The molecule has 70 valence electrons. The van der Waals surface area contributed by atoms with Crippen LogP contribution in [0.2, 0.25) is 0 Å². The SMILES string of the molecule is CCSc1cccc(N)c1[N+](=O)[O-]. The highest BCUT2D eigenvalue weighted by atomic mass is 32.2. The van der Waals surface area contributed by atoms with Crippen LogP contribution in [-0.2, 0) is 0 Å². The summed E-state index contributed by atoms with van der Waals surface area (Å²) in [5.74, 6) is 0.796. The maximum Gasteiger partial charge on any atom is 0.305 e. The molecule has 0 saturated carbocycles. The molecule has 0 aliphatic carbocycles. The van der Waals surface area contributed by atoms with Crippen molar-refractivity contribution in [3.63, 3.8) is 0 Å². The van der Waals surface area contributed by atoms with Crippen molar-refractivity contribution in [2.75, 3.05) is 11.5 Å². The maximum absolute atomic E-state index is 10.6. The fraction of sp³-hybridized carbons (Fsp3) is 0.250. The second kappa shape index (κ2) is 4.13. The molecule has 0 heterocycles. The van der Waals surface area contributed by atoms with E-state index in [1.807, 2.05) is 6.92 Å². The third-order valence-corrected chi connectivity index (χ3v) is 2.44. The summed E-state index contributed by atoms with van der Waals surface area (Å²) >= 11 is 1.42. The molecule has 0 saturated heterocycles. The van der Waals surface area contributed by atoms with Gasteiger partial charge in [0.05, 0.1) is 9.82 Å². The molecule has 0 radical (unpaired) electrons. The molecule has 0 spiro atoms. The fourth-order valence-electron chi connectivity index (χ4n) is 1.01. The Balaban J connectivity index is 3.17. The molecule has 1 aromatic rings. The van der Waals surface area contributed by atoms with Crippen LogP contribution in [0.15, 0.2) is 23.1 Å². The number of nitro benzene ring substituents is 1. The van der Waals surface area contributed by atoms with Crippen molar-refractivity contribution in [3.05, 3.63) is 28.3 Å². The van der Waals surface area contributed by atoms with Gasteiger partial charge in [-0.25, -0.2) is 0 Å². The van der Waals surface area contributed by atoms with Gasteiger partial charge in [-0.05, 0) is 17.9 Å². The van der Waals surface area contributed by atoms with Crippen LogP contribution in [0.3, 0.4) is 0 Å². The number of hydrogen-bond acceptors (Lipinski definition) is 4. The zero-order valence-electron chi connectivity index (χ0n) is 7.19. The Morgan fingerprint density at radius 1 is 1.62 bits per heavy atom. The van der Waals surface area contributed by atoms with Gasteiger partial charge in [0.25, 0.3) is 0 Å². The number of nitrogen functional groups attached to an aromatic ring is 1. The summed E-state index contributed by atoms with van der Waals surface area (Å²) in [5.41, 5.74) is 5.75. The standard InChI is InChI=1S/C8H10N2O2S/c1-2-13-7-5-3-4-6(9)8(7)10(11)12/h3-5H,2,9H2,1H3. The second-order valence-corrected chi connectivity index (χ2v) is 3.69. The topological polar surface area (TPSA) is 69.2 Å². The monoisotopic (exact) mass is 198 g/mol. The average molecular weight is 198 g/mol. The lowest BCUT2D eigenvalue weighted by molar-refractivity contribution is -0.386. The highest BCUT2D eigenvalue weighted by Gasteiger charge is 2.16. The van der Waals surface area contributed by atoms with Gasteiger partial charge in [-0.1, -0.05) is 13.0 Å². The number of nitrogens with zero attached hydrogens (tertiary/aromatic N) is 1. The molecule has 0 bridgehead atoms. The zero-order valence-corrected chi connectivity index (χ0v) is 8.00. The first kappa shape index (κ1) is 9.85. The van der Waals surface area contributed by atoms with Crippen molar-refractivity contribution in [2.45, 2.75) is 11.8 Å². The van der Waals surface area contributed by atoms with Crippen LogP contribution in [-0.4, -0.2) is 10.7 Å². The van der Waals surface area contributed by atoms with Gasteiger partial charge in [0.2, 0.25) is 0 Å². The summed E-state index contributed by atoms with van der Waals surface area (Å²) in [7, 11) is 0. The van der Waals surface area contributed by atoms with Gasteiger partial charge in [0.1, 0.15) is 5.69 Å². The molecular formula is C8H10N2O2S. The highest BCUT2D eigenvalue weighted by molar-refractivity contribution is 7.99. The van der Waals surface area contributed by atoms with Gasteiger partial charge in [-0.3, -0.25) is 10.1 Å².